The Labute approximate surface area is 556 Å². The molecule has 0 radical (unpaired) electrons. The second-order valence-corrected chi connectivity index (χ2v) is 21.2. The van der Waals surface area contributed by atoms with E-state index in [2.05, 4.69) is 10.0 Å². The lowest BCUT2D eigenvalue weighted by Crippen LogP contribution is -2.27. The molecule has 0 aromatic heterocycles. The van der Waals surface area contributed by atoms with Crippen molar-refractivity contribution in [3.63, 3.8) is 0 Å². The zero-order valence-electron chi connectivity index (χ0n) is 56.9. The lowest BCUT2D eigenvalue weighted by Gasteiger charge is -2.19. The average molecular weight is 1350 g/mol. The Morgan fingerprint density at radius 1 is 0.309 bits per heavy atom. The van der Waals surface area contributed by atoms with E-state index in [1.54, 1.807) is 0 Å². The molecule has 30 heteroatoms. The number of hydrogen-bond acceptors (Lipinski definition) is 28. The summed E-state index contributed by atoms with van der Waals surface area (Å²) in [7, 11) is 0. The highest BCUT2D eigenvalue weighted by molar-refractivity contribution is 5.71. The summed E-state index contributed by atoms with van der Waals surface area (Å²) in [6, 6.07) is 14.8. The molecule has 0 spiro atoms. The van der Waals surface area contributed by atoms with Crippen LogP contribution < -0.4 is 24.7 Å². The lowest BCUT2D eigenvalue weighted by atomic mass is 10.2. The Morgan fingerprint density at radius 2 is 0.489 bits per heavy atom. The predicted octanol–water partition coefficient (Wildman–Crippen LogP) is 5.14. The van der Waals surface area contributed by atoms with Gasteiger partial charge < -0.3 is 119 Å². The van der Waals surface area contributed by atoms with E-state index in [0.29, 0.717) is 264 Å². The van der Waals surface area contributed by atoms with Crippen molar-refractivity contribution >= 4 is 11.9 Å². The third kappa shape index (κ3) is 65.8. The summed E-state index contributed by atoms with van der Waals surface area (Å²) in [6.45, 7) is 28.8. The molecule has 0 amide bonds. The number of rotatable bonds is 67. The van der Waals surface area contributed by atoms with Gasteiger partial charge in [0.25, 0.3) is 0 Å². The molecule has 0 heterocycles. The van der Waals surface area contributed by atoms with Crippen molar-refractivity contribution in [1.29, 1.82) is 0 Å². The second-order valence-electron chi connectivity index (χ2n) is 21.2. The summed E-state index contributed by atoms with van der Waals surface area (Å²) in [4.78, 5) is 25.7. The van der Waals surface area contributed by atoms with Crippen LogP contribution in [0.5, 0.6) is 23.0 Å². The third-order valence-electron chi connectivity index (χ3n) is 10.8. The number of ether oxygens (including phenoxy) is 24. The van der Waals surface area contributed by atoms with Crippen molar-refractivity contribution in [2.24, 2.45) is 10.8 Å². The van der Waals surface area contributed by atoms with E-state index in [1.165, 1.54) is 0 Å². The standard InChI is InChI=1S/C32H55N3O13.C32H57NO13/c1-32(2,3)48-31(36)28-45-23-22-42-17-16-39-14-15-41-19-21-44-25-27-47-30-6-4-29(5-7-30)46-26-24-43-20-18-40-13-12-38-11-10-37-9-8-34-35-33;1-32(2,3)46-31(34)28-43-23-22-40-17-16-37-14-15-39-19-21-42-25-27-45-30-6-4-29(5-7-30)44-26-24-41-20-18-38-13-12-36-11-10-35-9-8-33/h4-7H,8-28H2,1-3H3;4-7H,8-28,33H2,1-3H3. The van der Waals surface area contributed by atoms with Gasteiger partial charge in [-0.1, -0.05) is 5.11 Å². The first kappa shape index (κ1) is 87.1. The monoisotopic (exact) mass is 1350 g/mol. The minimum Gasteiger partial charge on any atom is -0.491 e. The van der Waals surface area contributed by atoms with Gasteiger partial charge >= 0.3 is 11.9 Å². The molecule has 0 aliphatic rings. The highest BCUT2D eigenvalue weighted by atomic mass is 16.6. The van der Waals surface area contributed by atoms with Gasteiger partial charge in [0.2, 0.25) is 0 Å². The second kappa shape index (κ2) is 65.4. The predicted molar refractivity (Wildman–Crippen MR) is 344 cm³/mol. The zero-order chi connectivity index (χ0) is 68.2. The molecule has 30 nitrogen and oxygen atoms in total. The van der Waals surface area contributed by atoms with Gasteiger partial charge in [-0.05, 0) is 95.6 Å². The van der Waals surface area contributed by atoms with Crippen molar-refractivity contribution in [2.45, 2.75) is 52.7 Å². The van der Waals surface area contributed by atoms with E-state index in [0.717, 1.165) is 23.0 Å². The molecule has 94 heavy (non-hydrogen) atoms. The topological polar surface area (TPSA) is 330 Å². The maximum Gasteiger partial charge on any atom is 0.332 e. The summed E-state index contributed by atoms with van der Waals surface area (Å²) < 4.78 is 130. The Bertz CT molecular complexity index is 2020. The van der Waals surface area contributed by atoms with E-state index >= 15 is 0 Å². The Kier molecular flexibility index (Phi) is 60.6. The molecule has 2 rings (SSSR count). The fourth-order valence-corrected chi connectivity index (χ4v) is 6.71. The number of nitrogens with zero attached hydrogens (tertiary/aromatic N) is 3. The number of esters is 2. The molecule has 0 atom stereocenters. The van der Waals surface area contributed by atoms with Gasteiger partial charge in [0.1, 0.15) is 73.8 Å². The average Bonchev–Trinajstić information content (AvgIpc) is 2.04. The van der Waals surface area contributed by atoms with Crippen LogP contribution in [0.1, 0.15) is 41.5 Å². The molecule has 0 saturated heterocycles. The molecular weight excluding hydrogens is 1240 g/mol. The van der Waals surface area contributed by atoms with E-state index in [9.17, 15) is 9.59 Å². The van der Waals surface area contributed by atoms with Gasteiger partial charge in [-0.15, -0.1) is 0 Å². The van der Waals surface area contributed by atoms with Gasteiger partial charge in [-0.2, -0.15) is 0 Å². The van der Waals surface area contributed by atoms with Crippen molar-refractivity contribution in [3.05, 3.63) is 59.0 Å². The normalized spacial score (nSPS) is 11.4. The van der Waals surface area contributed by atoms with E-state index < -0.39 is 17.2 Å². The van der Waals surface area contributed by atoms with Crippen LogP contribution in [-0.2, 0) is 104 Å². The molecule has 0 unspecified atom stereocenters. The van der Waals surface area contributed by atoms with Gasteiger partial charge in [-0.3, -0.25) is 0 Å². The van der Waals surface area contributed by atoms with Crippen molar-refractivity contribution < 1.29 is 123 Å². The van der Waals surface area contributed by atoms with Gasteiger partial charge in [0.05, 0.1) is 225 Å². The first-order chi connectivity index (χ1) is 45.8. The Morgan fingerprint density at radius 3 is 0.681 bits per heavy atom. The summed E-state index contributed by atoms with van der Waals surface area (Å²) in [6.07, 6.45) is 0. The number of hydrogen-bond donors (Lipinski definition) is 1. The van der Waals surface area contributed by atoms with Crippen LogP contribution in [0.25, 0.3) is 10.4 Å². The first-order valence-electron chi connectivity index (χ1n) is 32.1. The number of azide groups is 1. The maximum absolute atomic E-state index is 11.5. The van der Waals surface area contributed by atoms with Crippen molar-refractivity contribution in [2.75, 3.05) is 277 Å². The molecule has 0 saturated carbocycles. The smallest absolute Gasteiger partial charge is 0.332 e. The quantitative estimate of drug-likeness (QED) is 0.0294. The SMILES string of the molecule is CC(C)(C)OC(=O)COCCOCCOCCOCCOCCOc1ccc(OCCOCCOCCOCCOCCN)cc1.CC(C)(C)OC(=O)COCCOCCOCCOCCOCCOc1ccc(OCCOCCOCCOCCOCCN=[N+]=[N-])cc1. The molecule has 0 aliphatic carbocycles. The van der Waals surface area contributed by atoms with Crippen LogP contribution in [-0.4, -0.2) is 301 Å². The summed E-state index contributed by atoms with van der Waals surface area (Å²) >= 11 is 0. The fourth-order valence-electron chi connectivity index (χ4n) is 6.71. The van der Waals surface area contributed by atoms with Crippen LogP contribution in [0, 0.1) is 0 Å². The van der Waals surface area contributed by atoms with Gasteiger partial charge in [0.15, 0.2) is 0 Å². The highest BCUT2D eigenvalue weighted by Crippen LogP contribution is 2.19. The van der Waals surface area contributed by atoms with Gasteiger partial charge in [-0.25, -0.2) is 9.59 Å². The van der Waals surface area contributed by atoms with Crippen LogP contribution in [0.4, 0.5) is 0 Å². The summed E-state index contributed by atoms with van der Waals surface area (Å²) in [5.41, 5.74) is 12.5. The number of carbonyl (C=O) groups is 2. The molecule has 2 N–H and O–H groups in total. The van der Waals surface area contributed by atoms with E-state index in [-0.39, 0.29) is 19.2 Å². The molecule has 544 valence electrons. The van der Waals surface area contributed by atoms with E-state index in [4.69, 9.17) is 125 Å². The number of carbonyl (C=O) groups excluding carboxylic acids is 2. The van der Waals surface area contributed by atoms with Crippen LogP contribution >= 0.6 is 0 Å². The van der Waals surface area contributed by atoms with Crippen LogP contribution in [0.3, 0.4) is 0 Å². The molecule has 2 aromatic carbocycles. The van der Waals surface area contributed by atoms with Crippen molar-refractivity contribution in [3.8, 4) is 23.0 Å². The fraction of sp³-hybridized carbons (Fsp3) is 0.781. The van der Waals surface area contributed by atoms with Crippen LogP contribution in [0.2, 0.25) is 0 Å². The largest absolute Gasteiger partial charge is 0.491 e. The van der Waals surface area contributed by atoms with Crippen molar-refractivity contribution in [1.82, 2.24) is 0 Å². The molecule has 0 bridgehead atoms. The summed E-state index contributed by atoms with van der Waals surface area (Å²) in [5, 5.41) is 3.38. The van der Waals surface area contributed by atoms with E-state index in [1.807, 2.05) is 90.1 Å². The Balaban J connectivity index is 0.000000941. The minimum atomic E-state index is -0.517. The van der Waals surface area contributed by atoms with Crippen LogP contribution in [0.15, 0.2) is 53.6 Å². The maximum atomic E-state index is 11.5. The molecular formula is C64H112N4O26. The number of benzene rings is 2. The highest BCUT2D eigenvalue weighted by Gasteiger charge is 2.17. The summed E-state index contributed by atoms with van der Waals surface area (Å²) in [5.74, 6) is 2.16. The lowest BCUT2D eigenvalue weighted by molar-refractivity contribution is -0.161. The minimum absolute atomic E-state index is 0.0860. The molecule has 0 aliphatic heterocycles. The van der Waals surface area contributed by atoms with Gasteiger partial charge in [0, 0.05) is 18.0 Å². The zero-order valence-corrected chi connectivity index (χ0v) is 56.9. The first-order valence-corrected chi connectivity index (χ1v) is 32.1. The Hall–Kier alpha value is -4.87. The third-order valence-corrected chi connectivity index (χ3v) is 10.8. The molecule has 0 fully saturated rings. The number of nitrogens with two attached hydrogens (primary N) is 1. The molecule has 2 aromatic rings.